The molecule has 0 heterocycles. The molecule has 3 rings (SSSR count). The number of rotatable bonds is 7. The van der Waals surface area contributed by atoms with E-state index < -0.39 is 5.54 Å². The van der Waals surface area contributed by atoms with Crippen molar-refractivity contribution in [3.63, 3.8) is 0 Å². The molecule has 0 aliphatic heterocycles. The monoisotopic (exact) mass is 355 g/mol. The number of aliphatic hydroxyl groups is 2. The van der Waals surface area contributed by atoms with E-state index in [0.717, 1.165) is 5.75 Å². The Labute approximate surface area is 153 Å². The average Bonchev–Trinajstić information content (AvgIpc) is 2.67. The second-order valence-corrected chi connectivity index (χ2v) is 7.84. The lowest BCUT2D eigenvalue weighted by Crippen LogP contribution is -2.48. The molecule has 25 heavy (non-hydrogen) atoms. The maximum atomic E-state index is 9.58. The van der Waals surface area contributed by atoms with Crippen LogP contribution in [0.5, 0.6) is 0 Å². The van der Waals surface area contributed by atoms with Gasteiger partial charge in [0.25, 0.3) is 0 Å². The van der Waals surface area contributed by atoms with E-state index in [4.69, 9.17) is 0 Å². The Morgan fingerprint density at radius 1 is 0.880 bits per heavy atom. The highest BCUT2D eigenvalue weighted by Crippen LogP contribution is 2.38. The van der Waals surface area contributed by atoms with E-state index in [1.54, 1.807) is 0 Å². The van der Waals surface area contributed by atoms with Crippen LogP contribution in [0.15, 0.2) is 53.4 Å². The van der Waals surface area contributed by atoms with Crippen molar-refractivity contribution in [1.82, 2.24) is 5.32 Å². The average molecular weight is 356 g/mol. The topological polar surface area (TPSA) is 52.5 Å². The maximum Gasteiger partial charge on any atom is 0.0633 e. The Morgan fingerprint density at radius 2 is 1.36 bits per heavy atom. The summed E-state index contributed by atoms with van der Waals surface area (Å²) in [4.78, 5) is 1.32. The first-order valence-electron chi connectivity index (χ1n) is 8.65. The number of thioether (sulfide) groups is 1. The van der Waals surface area contributed by atoms with Crippen LogP contribution < -0.4 is 5.32 Å². The van der Waals surface area contributed by atoms with Gasteiger partial charge in [-0.2, -0.15) is 0 Å². The molecule has 3 nitrogen and oxygen atoms in total. The summed E-state index contributed by atoms with van der Waals surface area (Å²) in [7, 11) is 0. The summed E-state index contributed by atoms with van der Waals surface area (Å²) in [6.07, 6.45) is 0. The molecule has 3 N–H and O–H groups in total. The summed E-state index contributed by atoms with van der Waals surface area (Å²) in [6.45, 7) is 4.39. The normalized spacial score (nSPS) is 12.2. The third-order valence-corrected chi connectivity index (χ3v) is 5.69. The summed E-state index contributed by atoms with van der Waals surface area (Å²) >= 11 is 1.88. The molecular formula is C21H25NO2S. The first kappa shape index (κ1) is 18.2. The van der Waals surface area contributed by atoms with Crippen LogP contribution >= 0.6 is 11.8 Å². The largest absolute Gasteiger partial charge is 0.394 e. The fourth-order valence-electron chi connectivity index (χ4n) is 3.13. The smallest absolute Gasteiger partial charge is 0.0633 e. The minimum absolute atomic E-state index is 0.108. The number of fused-ring (bicyclic) bond motifs is 2. The van der Waals surface area contributed by atoms with E-state index in [2.05, 4.69) is 60.8 Å². The van der Waals surface area contributed by atoms with Crippen molar-refractivity contribution in [1.29, 1.82) is 0 Å². The van der Waals surface area contributed by atoms with Crippen molar-refractivity contribution < 1.29 is 10.2 Å². The zero-order valence-electron chi connectivity index (χ0n) is 14.7. The lowest BCUT2D eigenvalue weighted by molar-refractivity contribution is 0.103. The molecule has 0 atom stereocenters. The molecule has 0 aromatic heterocycles. The first-order chi connectivity index (χ1) is 12.1. The van der Waals surface area contributed by atoms with E-state index in [1.165, 1.54) is 32.0 Å². The Bertz CT molecular complexity index is 817. The van der Waals surface area contributed by atoms with E-state index in [0.29, 0.717) is 6.54 Å². The molecule has 0 radical (unpaired) electrons. The Morgan fingerprint density at radius 3 is 1.80 bits per heavy atom. The van der Waals surface area contributed by atoms with Gasteiger partial charge in [0.15, 0.2) is 0 Å². The molecule has 3 aromatic carbocycles. The van der Waals surface area contributed by atoms with Crippen molar-refractivity contribution in [2.75, 3.05) is 19.0 Å². The first-order valence-corrected chi connectivity index (χ1v) is 9.64. The Balaban J connectivity index is 2.21. The molecule has 0 bridgehead atoms. The number of aliphatic hydroxyl groups excluding tert-OH is 2. The molecule has 0 aliphatic rings. The van der Waals surface area contributed by atoms with E-state index in [1.807, 2.05) is 18.7 Å². The molecule has 0 amide bonds. The third kappa shape index (κ3) is 3.53. The molecule has 0 fully saturated rings. The molecule has 0 unspecified atom stereocenters. The van der Waals surface area contributed by atoms with Gasteiger partial charge in [0.1, 0.15) is 0 Å². The van der Waals surface area contributed by atoms with E-state index in [-0.39, 0.29) is 13.2 Å². The second kappa shape index (κ2) is 7.75. The fraction of sp³-hybridized carbons (Fsp3) is 0.333. The van der Waals surface area contributed by atoms with Crippen LogP contribution in [-0.2, 0) is 6.54 Å². The molecule has 0 aliphatic carbocycles. The van der Waals surface area contributed by atoms with Crippen molar-refractivity contribution in [2.24, 2.45) is 0 Å². The van der Waals surface area contributed by atoms with Crippen LogP contribution in [0.4, 0.5) is 0 Å². The number of benzene rings is 3. The summed E-state index contributed by atoms with van der Waals surface area (Å²) < 4.78 is 0. The van der Waals surface area contributed by atoms with Gasteiger partial charge in [-0.3, -0.25) is 0 Å². The van der Waals surface area contributed by atoms with Crippen LogP contribution in [-0.4, -0.2) is 34.7 Å². The van der Waals surface area contributed by atoms with Gasteiger partial charge in [0, 0.05) is 11.4 Å². The predicted molar refractivity (Wildman–Crippen MR) is 107 cm³/mol. The maximum absolute atomic E-state index is 9.58. The number of nitrogens with one attached hydrogen (secondary N) is 1. The Kier molecular flexibility index (Phi) is 5.64. The van der Waals surface area contributed by atoms with E-state index >= 15 is 0 Å². The zero-order chi connectivity index (χ0) is 17.9. The van der Waals surface area contributed by atoms with Gasteiger partial charge < -0.3 is 15.5 Å². The number of hydrogen-bond donors (Lipinski definition) is 3. The molecule has 132 valence electrons. The van der Waals surface area contributed by atoms with Gasteiger partial charge in [0.05, 0.1) is 18.8 Å². The molecule has 0 saturated carbocycles. The highest BCUT2D eigenvalue weighted by atomic mass is 32.2. The van der Waals surface area contributed by atoms with Crippen LogP contribution in [0.25, 0.3) is 21.5 Å². The minimum atomic E-state index is -0.695. The highest BCUT2D eigenvalue weighted by Gasteiger charge is 2.22. The van der Waals surface area contributed by atoms with E-state index in [9.17, 15) is 10.2 Å². The summed E-state index contributed by atoms with van der Waals surface area (Å²) in [5, 5.41) is 27.5. The van der Waals surface area contributed by atoms with Crippen LogP contribution in [0, 0.1) is 0 Å². The summed E-state index contributed by atoms with van der Waals surface area (Å²) in [6, 6.07) is 17.0. The molecule has 4 heteroatoms. The molecular weight excluding hydrogens is 330 g/mol. The fourth-order valence-corrected chi connectivity index (χ4v) is 4.09. The van der Waals surface area contributed by atoms with Crippen molar-refractivity contribution in [3.05, 3.63) is 54.1 Å². The summed E-state index contributed by atoms with van der Waals surface area (Å²) in [5.41, 5.74) is 0.513. The SMILES string of the molecule is CCSc1c2ccccc2c(CNC(C)(CO)CO)c2ccccc12. The van der Waals surface area contributed by atoms with Gasteiger partial charge in [-0.1, -0.05) is 55.5 Å². The third-order valence-electron chi connectivity index (χ3n) is 4.67. The minimum Gasteiger partial charge on any atom is -0.394 e. The van der Waals surface area contributed by atoms with Crippen LogP contribution in [0.3, 0.4) is 0 Å². The van der Waals surface area contributed by atoms with Gasteiger partial charge in [0.2, 0.25) is 0 Å². The van der Waals surface area contributed by atoms with Gasteiger partial charge in [-0.05, 0) is 39.8 Å². The predicted octanol–water partition coefficient (Wildman–Crippen LogP) is 3.94. The molecule has 0 spiro atoms. The standard InChI is InChI=1S/C21H25NO2S/c1-3-25-20-17-10-6-4-8-15(17)19(12-22-21(2,13-23)14-24)16-9-5-7-11-18(16)20/h4-11,22-24H,3,12-14H2,1-2H3. The van der Waals surface area contributed by atoms with Gasteiger partial charge >= 0.3 is 0 Å². The quantitative estimate of drug-likeness (QED) is 0.444. The number of hydrogen-bond acceptors (Lipinski definition) is 4. The van der Waals surface area contributed by atoms with Crippen LogP contribution in [0.2, 0.25) is 0 Å². The second-order valence-electron chi connectivity index (χ2n) is 6.56. The van der Waals surface area contributed by atoms with Gasteiger partial charge in [-0.15, -0.1) is 11.8 Å². The zero-order valence-corrected chi connectivity index (χ0v) is 15.6. The van der Waals surface area contributed by atoms with Gasteiger partial charge in [-0.25, -0.2) is 0 Å². The van der Waals surface area contributed by atoms with Crippen LogP contribution in [0.1, 0.15) is 19.4 Å². The lowest BCUT2D eigenvalue weighted by Gasteiger charge is -2.27. The summed E-state index contributed by atoms with van der Waals surface area (Å²) in [5.74, 6) is 1.03. The highest BCUT2D eigenvalue weighted by molar-refractivity contribution is 7.99. The molecule has 3 aromatic rings. The van der Waals surface area contributed by atoms with Crippen molar-refractivity contribution in [2.45, 2.75) is 30.8 Å². The van der Waals surface area contributed by atoms with Crippen molar-refractivity contribution in [3.8, 4) is 0 Å². The lowest BCUT2D eigenvalue weighted by atomic mass is 9.95. The van der Waals surface area contributed by atoms with Crippen molar-refractivity contribution >= 4 is 33.3 Å². The Hall–Kier alpha value is -1.59. The molecule has 0 saturated heterocycles.